The van der Waals surface area contributed by atoms with Gasteiger partial charge in [-0.15, -0.1) is 0 Å². The molecule has 0 bridgehead atoms. The fourth-order valence-corrected chi connectivity index (χ4v) is 2.52. The summed E-state index contributed by atoms with van der Waals surface area (Å²) in [7, 11) is -4.48. The Balaban J connectivity index is 0. The molecule has 0 heterocycles. The first-order valence-corrected chi connectivity index (χ1v) is 9.30. The standard InChI is InChI=1S/C15H28O6S.Na/c1-3-4-5-6-7-8-9-13(2)21-15(17)11-10-14(16)12-22(18,19)20;/h8-9,13-14,16H,3-7,10-12H2,1-2H3,(H,18,19,20);/q;+1/p-1/b9-8+;. The van der Waals surface area contributed by atoms with Crippen LogP contribution in [0.5, 0.6) is 0 Å². The number of carbonyl (C=O) groups excluding carboxylic acids is 1. The minimum atomic E-state index is -4.48. The number of allylic oxidation sites excluding steroid dienone is 1. The summed E-state index contributed by atoms with van der Waals surface area (Å²) in [6, 6.07) is 0. The predicted molar refractivity (Wildman–Crippen MR) is 83.3 cm³/mol. The quantitative estimate of drug-likeness (QED) is 0.160. The van der Waals surface area contributed by atoms with Crippen molar-refractivity contribution in [2.24, 2.45) is 0 Å². The van der Waals surface area contributed by atoms with Crippen LogP contribution in [0.2, 0.25) is 0 Å². The summed E-state index contributed by atoms with van der Waals surface area (Å²) in [5, 5.41) is 9.31. The predicted octanol–water partition coefficient (Wildman–Crippen LogP) is -0.865. The third-order valence-electron chi connectivity index (χ3n) is 3.03. The average molecular weight is 358 g/mol. The van der Waals surface area contributed by atoms with E-state index in [1.807, 2.05) is 12.2 Å². The number of hydrogen-bond acceptors (Lipinski definition) is 6. The van der Waals surface area contributed by atoms with Crippen LogP contribution in [-0.4, -0.2) is 42.0 Å². The molecule has 0 spiro atoms. The molecule has 0 radical (unpaired) electrons. The van der Waals surface area contributed by atoms with Crippen molar-refractivity contribution in [3.8, 4) is 0 Å². The molecule has 23 heavy (non-hydrogen) atoms. The second kappa shape index (κ2) is 14.4. The van der Waals surface area contributed by atoms with Crippen LogP contribution in [0.15, 0.2) is 12.2 Å². The summed E-state index contributed by atoms with van der Waals surface area (Å²) < 4.78 is 36.4. The van der Waals surface area contributed by atoms with Gasteiger partial charge in [-0.25, -0.2) is 8.42 Å². The first-order chi connectivity index (χ1) is 10.2. The number of carbonyl (C=O) groups is 1. The first-order valence-electron chi connectivity index (χ1n) is 7.72. The smallest absolute Gasteiger partial charge is 0.748 e. The summed E-state index contributed by atoms with van der Waals surface area (Å²) in [6.07, 6.45) is 7.53. The van der Waals surface area contributed by atoms with Gasteiger partial charge in [-0.3, -0.25) is 4.79 Å². The van der Waals surface area contributed by atoms with Gasteiger partial charge in [-0.2, -0.15) is 0 Å². The molecule has 0 aliphatic carbocycles. The first kappa shape index (κ1) is 25.3. The zero-order valence-electron chi connectivity index (χ0n) is 14.4. The zero-order chi connectivity index (χ0) is 17.0. The molecule has 1 N–H and O–H groups in total. The van der Waals surface area contributed by atoms with E-state index in [1.54, 1.807) is 6.92 Å². The third-order valence-corrected chi connectivity index (χ3v) is 3.82. The maximum absolute atomic E-state index is 11.5. The van der Waals surface area contributed by atoms with Crippen molar-refractivity contribution in [3.05, 3.63) is 12.2 Å². The van der Waals surface area contributed by atoms with Crippen molar-refractivity contribution in [1.82, 2.24) is 0 Å². The number of aliphatic hydroxyl groups excluding tert-OH is 1. The van der Waals surface area contributed by atoms with E-state index in [2.05, 4.69) is 6.92 Å². The molecule has 0 saturated carbocycles. The van der Waals surface area contributed by atoms with Crippen LogP contribution in [0.4, 0.5) is 0 Å². The van der Waals surface area contributed by atoms with E-state index in [-0.39, 0.29) is 48.5 Å². The molecule has 0 aromatic rings. The molecule has 0 saturated heterocycles. The molecule has 0 rings (SSSR count). The zero-order valence-corrected chi connectivity index (χ0v) is 17.2. The molecule has 0 fully saturated rings. The molecule has 0 aromatic heterocycles. The van der Waals surface area contributed by atoms with Gasteiger partial charge in [0.05, 0.1) is 22.0 Å². The fraction of sp³-hybridized carbons (Fsp3) is 0.800. The molecule has 0 amide bonds. The minimum absolute atomic E-state index is 0. The monoisotopic (exact) mass is 358 g/mol. The SMILES string of the molecule is CCCCCC/C=C/C(C)OC(=O)CCC(O)CS(=O)(=O)[O-].[Na+]. The Morgan fingerprint density at radius 3 is 2.52 bits per heavy atom. The van der Waals surface area contributed by atoms with Crippen LogP contribution in [0.3, 0.4) is 0 Å². The van der Waals surface area contributed by atoms with E-state index in [1.165, 1.54) is 19.3 Å². The van der Waals surface area contributed by atoms with Crippen LogP contribution >= 0.6 is 0 Å². The summed E-state index contributed by atoms with van der Waals surface area (Å²) in [4.78, 5) is 11.5. The Labute approximate surface area is 161 Å². The van der Waals surface area contributed by atoms with Crippen molar-refractivity contribution in [1.29, 1.82) is 0 Å². The Morgan fingerprint density at radius 1 is 1.30 bits per heavy atom. The second-order valence-corrected chi connectivity index (χ2v) is 6.84. The van der Waals surface area contributed by atoms with Gasteiger partial charge in [0.1, 0.15) is 6.10 Å². The maximum atomic E-state index is 11.5. The van der Waals surface area contributed by atoms with E-state index >= 15 is 0 Å². The Hall–Kier alpha value is 0.0800. The van der Waals surface area contributed by atoms with E-state index < -0.39 is 27.9 Å². The molecule has 6 nitrogen and oxygen atoms in total. The molecule has 2 atom stereocenters. The molecular formula is C15H27NaO6S. The van der Waals surface area contributed by atoms with E-state index in [0.29, 0.717) is 0 Å². The number of aliphatic hydroxyl groups is 1. The van der Waals surface area contributed by atoms with Crippen LogP contribution in [0, 0.1) is 0 Å². The normalized spacial score (nSPS) is 14.3. The molecule has 0 aliphatic rings. The fourth-order valence-electron chi connectivity index (χ4n) is 1.89. The molecule has 8 heteroatoms. The van der Waals surface area contributed by atoms with Gasteiger partial charge in [-0.05, 0) is 32.3 Å². The van der Waals surface area contributed by atoms with Crippen molar-refractivity contribution in [2.45, 2.75) is 71.0 Å². The second-order valence-electron chi connectivity index (χ2n) is 5.39. The van der Waals surface area contributed by atoms with E-state index in [4.69, 9.17) is 4.74 Å². The van der Waals surface area contributed by atoms with Crippen LogP contribution in [0.1, 0.15) is 58.8 Å². The third kappa shape index (κ3) is 18.3. The Bertz CT molecular complexity index is 435. The summed E-state index contributed by atoms with van der Waals surface area (Å²) in [5.74, 6) is -1.40. The summed E-state index contributed by atoms with van der Waals surface area (Å²) >= 11 is 0. The Morgan fingerprint density at radius 2 is 1.96 bits per heavy atom. The van der Waals surface area contributed by atoms with E-state index in [9.17, 15) is 22.9 Å². The van der Waals surface area contributed by atoms with E-state index in [0.717, 1.165) is 12.8 Å². The number of esters is 1. The Kier molecular flexibility index (Phi) is 15.9. The number of unbranched alkanes of at least 4 members (excludes halogenated alkanes) is 4. The molecular weight excluding hydrogens is 331 g/mol. The maximum Gasteiger partial charge on any atom is 1.00 e. The van der Waals surface area contributed by atoms with Gasteiger partial charge < -0.3 is 14.4 Å². The van der Waals surface area contributed by atoms with Gasteiger partial charge in [0.15, 0.2) is 0 Å². The average Bonchev–Trinajstić information content (AvgIpc) is 2.38. The number of ether oxygens (including phenoxy) is 1. The molecule has 0 aromatic carbocycles. The minimum Gasteiger partial charge on any atom is -0.748 e. The van der Waals surface area contributed by atoms with Crippen molar-refractivity contribution < 1.29 is 57.2 Å². The van der Waals surface area contributed by atoms with Crippen LogP contribution < -0.4 is 29.6 Å². The van der Waals surface area contributed by atoms with Gasteiger partial charge in [-0.1, -0.05) is 32.3 Å². The molecule has 2 unspecified atom stereocenters. The van der Waals surface area contributed by atoms with Crippen LogP contribution in [-0.2, 0) is 19.6 Å². The van der Waals surface area contributed by atoms with Gasteiger partial charge in [0.25, 0.3) is 0 Å². The van der Waals surface area contributed by atoms with Crippen molar-refractivity contribution in [2.75, 3.05) is 5.75 Å². The number of hydrogen-bond donors (Lipinski definition) is 1. The van der Waals surface area contributed by atoms with Crippen LogP contribution in [0.25, 0.3) is 0 Å². The summed E-state index contributed by atoms with van der Waals surface area (Å²) in [6.45, 7) is 3.89. The molecule has 0 aliphatic heterocycles. The molecule has 130 valence electrons. The number of rotatable bonds is 12. The topological polar surface area (TPSA) is 104 Å². The largest absolute Gasteiger partial charge is 1.00 e. The van der Waals surface area contributed by atoms with Crippen molar-refractivity contribution >= 4 is 16.1 Å². The van der Waals surface area contributed by atoms with Gasteiger partial charge in [0.2, 0.25) is 0 Å². The van der Waals surface area contributed by atoms with Gasteiger partial charge in [0, 0.05) is 6.42 Å². The summed E-state index contributed by atoms with van der Waals surface area (Å²) in [5.41, 5.74) is 0. The van der Waals surface area contributed by atoms with Gasteiger partial charge >= 0.3 is 35.5 Å². The van der Waals surface area contributed by atoms with Crippen molar-refractivity contribution in [3.63, 3.8) is 0 Å².